The SMILES string of the molecule is N#CC1CC(F)(F)CN1C(=O)CNC(=O)c1ccnc2ccc(OCCCCNc3c(NCCNC(=O)Cc4cc(CN5CCOCCOCCN(Cc6cc(F)cc(C(=O)O)n6)CCOCCOCC5)nc(C(=O)O)c4)c(=O)c3=O)cc12. The molecule has 2 aliphatic heterocycles. The normalized spacial score (nSPS) is 17.0. The number of anilines is 2. The van der Waals surface area contributed by atoms with E-state index in [9.17, 15) is 62.2 Å². The van der Waals surface area contributed by atoms with E-state index in [1.807, 2.05) is 9.80 Å². The van der Waals surface area contributed by atoms with E-state index in [0.717, 1.165) is 11.0 Å². The summed E-state index contributed by atoms with van der Waals surface area (Å²) in [6.45, 7) is 3.59. The fraction of sp³-hybridized carbons (Fsp3) is 0.473. The molecule has 0 aliphatic carbocycles. The number of alkyl halides is 2. The first kappa shape index (κ1) is 62.4. The van der Waals surface area contributed by atoms with E-state index in [0.29, 0.717) is 99.9 Å². The molecule has 5 heterocycles. The first-order valence-electron chi connectivity index (χ1n) is 26.8. The van der Waals surface area contributed by atoms with Crippen LogP contribution >= 0.6 is 0 Å². The number of pyridine rings is 3. The molecule has 2 saturated heterocycles. The first-order valence-corrected chi connectivity index (χ1v) is 26.8. The fourth-order valence-corrected chi connectivity index (χ4v) is 9.06. The van der Waals surface area contributed by atoms with Crippen LogP contribution in [0.1, 0.15) is 67.5 Å². The van der Waals surface area contributed by atoms with E-state index >= 15 is 0 Å². The van der Waals surface area contributed by atoms with Gasteiger partial charge in [-0.15, -0.1) is 0 Å². The second-order valence-corrected chi connectivity index (χ2v) is 19.4. The molecule has 0 radical (unpaired) electrons. The van der Waals surface area contributed by atoms with E-state index < -0.39 is 77.8 Å². The van der Waals surface area contributed by atoms with E-state index in [2.05, 4.69) is 36.2 Å². The van der Waals surface area contributed by atoms with Gasteiger partial charge in [0.15, 0.2) is 5.69 Å². The number of hydrogen-bond acceptors (Lipinski definition) is 20. The van der Waals surface area contributed by atoms with Gasteiger partial charge in [-0.25, -0.2) is 32.7 Å². The number of carbonyl (C=O) groups is 5. The molecule has 0 saturated carbocycles. The maximum atomic E-state index is 14.1. The summed E-state index contributed by atoms with van der Waals surface area (Å²) in [5.74, 6) is -7.98. The largest absolute Gasteiger partial charge is 0.494 e. The van der Waals surface area contributed by atoms with Gasteiger partial charge < -0.3 is 60.1 Å². The smallest absolute Gasteiger partial charge is 0.354 e. The highest BCUT2D eigenvalue weighted by molar-refractivity contribution is 6.07. The zero-order valence-corrected chi connectivity index (χ0v) is 45.3. The lowest BCUT2D eigenvalue weighted by atomic mass is 10.1. The van der Waals surface area contributed by atoms with Crippen LogP contribution in [0.15, 0.2) is 64.3 Å². The summed E-state index contributed by atoms with van der Waals surface area (Å²) in [6.07, 6.45) is 1.51. The molecule has 1 atom stereocenters. The summed E-state index contributed by atoms with van der Waals surface area (Å²) < 4.78 is 70.9. The number of hydrogen-bond donors (Lipinski definition) is 6. The van der Waals surface area contributed by atoms with Crippen LogP contribution in [0.25, 0.3) is 10.9 Å². The lowest BCUT2D eigenvalue weighted by Gasteiger charge is -2.23. The summed E-state index contributed by atoms with van der Waals surface area (Å²) in [4.78, 5) is 105. The number of benzene rings is 1. The lowest BCUT2D eigenvalue weighted by Crippen LogP contribution is -2.43. The molecule has 3 amide bonds. The van der Waals surface area contributed by atoms with Crippen LogP contribution in [0.2, 0.25) is 0 Å². The number of rotatable bonds is 22. The standard InChI is InChI=1S/C55H64F3N11O14/c56-36-26-38(66-45(27-36)54(77)78)33-68-12-17-81-21-19-79-15-10-67(11-16-80-20-22-82-18-13-68)32-37-23-35(24-44(65-37)53(75)76)25-46(70)61-8-9-63-49-48(50(72)51(49)73)62-6-1-2-14-83-40-3-4-43-42(28-40)41(5-7-60-43)52(74)64-31-47(71)69-34-55(57,58)29-39(69)30-59/h3-5,7,23-24,26-28,39,62-63H,1-2,6,8-22,25,29,31-34H2,(H,61,70)(H,64,74)(H,75,76)(H,77,78). The number of fused-ring (bicyclic) bond motifs is 1. The Balaban J connectivity index is 0.811. The zero-order valence-electron chi connectivity index (χ0n) is 45.3. The lowest BCUT2D eigenvalue weighted by molar-refractivity contribution is -0.131. The monoisotopic (exact) mass is 1160 g/mol. The number of nitrogens with one attached hydrogen (secondary N) is 4. The van der Waals surface area contributed by atoms with Crippen LogP contribution in [0.3, 0.4) is 0 Å². The van der Waals surface area contributed by atoms with E-state index in [1.165, 1.54) is 24.4 Å². The molecule has 2 fully saturated rings. The Morgan fingerprint density at radius 1 is 0.735 bits per heavy atom. The maximum Gasteiger partial charge on any atom is 0.354 e. The van der Waals surface area contributed by atoms with Crippen LogP contribution in [-0.4, -0.2) is 200 Å². The highest BCUT2D eigenvalue weighted by Crippen LogP contribution is 2.32. The Bertz CT molecular complexity index is 3180. The zero-order chi connectivity index (χ0) is 59.3. The average Bonchev–Trinajstić information content (AvgIpc) is 3.87. The number of amides is 3. The molecular formula is C55H64F3N11O14. The van der Waals surface area contributed by atoms with Gasteiger partial charge in [0.05, 0.1) is 108 Å². The van der Waals surface area contributed by atoms with Gasteiger partial charge in [0.2, 0.25) is 11.8 Å². The molecule has 2 aliphatic rings. The quantitative estimate of drug-likeness (QED) is 0.0427. The van der Waals surface area contributed by atoms with Crippen LogP contribution in [0.4, 0.5) is 24.5 Å². The molecule has 3 aromatic heterocycles. The van der Waals surface area contributed by atoms with Gasteiger partial charge in [0, 0.05) is 83.0 Å². The molecule has 0 bridgehead atoms. The molecule has 2 aromatic carbocycles. The van der Waals surface area contributed by atoms with Crippen LogP contribution in [0.5, 0.6) is 5.75 Å². The molecule has 0 spiro atoms. The Hall–Kier alpha value is -8.20. The molecule has 444 valence electrons. The van der Waals surface area contributed by atoms with E-state index in [4.69, 9.17) is 23.7 Å². The van der Waals surface area contributed by atoms with Crippen molar-refractivity contribution in [2.75, 3.05) is 129 Å². The first-order chi connectivity index (χ1) is 40.0. The number of unbranched alkanes of at least 4 members (excludes halogenated alkanes) is 1. The van der Waals surface area contributed by atoms with Crippen molar-refractivity contribution in [2.45, 2.75) is 50.7 Å². The molecule has 7 rings (SSSR count). The Labute approximate surface area is 473 Å². The van der Waals surface area contributed by atoms with Crippen molar-refractivity contribution < 1.29 is 71.0 Å². The molecule has 25 nitrogen and oxygen atoms in total. The van der Waals surface area contributed by atoms with Crippen LogP contribution in [-0.2, 0) is 48.0 Å². The number of likely N-dealkylation sites (tertiary alicyclic amines) is 1. The van der Waals surface area contributed by atoms with Gasteiger partial charge in [-0.3, -0.25) is 38.8 Å². The van der Waals surface area contributed by atoms with Crippen molar-refractivity contribution in [1.29, 1.82) is 5.26 Å². The van der Waals surface area contributed by atoms with Gasteiger partial charge in [-0.1, -0.05) is 0 Å². The number of nitriles is 1. The summed E-state index contributed by atoms with van der Waals surface area (Å²) in [5, 5.41) is 39.9. The summed E-state index contributed by atoms with van der Waals surface area (Å²) in [5.41, 5.74) is -0.157. The third-order valence-electron chi connectivity index (χ3n) is 13.2. The summed E-state index contributed by atoms with van der Waals surface area (Å²) in [7, 11) is 0. The van der Waals surface area contributed by atoms with Crippen molar-refractivity contribution in [1.82, 2.24) is 40.3 Å². The summed E-state index contributed by atoms with van der Waals surface area (Å²) in [6, 6.07) is 11.8. The van der Waals surface area contributed by atoms with Crippen molar-refractivity contribution in [2.24, 2.45) is 0 Å². The number of aromatic nitrogens is 3. The second-order valence-electron chi connectivity index (χ2n) is 19.4. The Morgan fingerprint density at radius 3 is 1.93 bits per heavy atom. The summed E-state index contributed by atoms with van der Waals surface area (Å²) >= 11 is 0. The number of nitrogens with zero attached hydrogens (tertiary/aromatic N) is 7. The predicted octanol–water partition coefficient (Wildman–Crippen LogP) is 2.07. The van der Waals surface area contributed by atoms with Crippen molar-refractivity contribution >= 4 is 51.9 Å². The number of halogens is 3. The van der Waals surface area contributed by atoms with Crippen LogP contribution < -0.4 is 36.9 Å². The number of ether oxygens (including phenoxy) is 5. The van der Waals surface area contributed by atoms with E-state index in [1.54, 1.807) is 30.3 Å². The number of carboxylic acid groups (broad SMARTS) is 2. The predicted molar refractivity (Wildman–Crippen MR) is 291 cm³/mol. The topological polar surface area (TPSA) is 326 Å². The fourth-order valence-electron chi connectivity index (χ4n) is 9.06. The van der Waals surface area contributed by atoms with Crippen molar-refractivity contribution in [3.05, 3.63) is 115 Å². The minimum absolute atomic E-state index is 0.0640. The van der Waals surface area contributed by atoms with Gasteiger partial charge >= 0.3 is 11.9 Å². The highest BCUT2D eigenvalue weighted by atomic mass is 19.3. The molecule has 1 unspecified atom stereocenters. The molecule has 6 N–H and O–H groups in total. The Morgan fingerprint density at radius 2 is 1.33 bits per heavy atom. The van der Waals surface area contributed by atoms with Crippen molar-refractivity contribution in [3.8, 4) is 11.8 Å². The van der Waals surface area contributed by atoms with Crippen LogP contribution in [0, 0.1) is 17.1 Å². The third kappa shape index (κ3) is 18.9. The minimum atomic E-state index is -3.19. The molecule has 28 heteroatoms. The Kier molecular flexibility index (Phi) is 23.1. The maximum absolute atomic E-state index is 14.1. The van der Waals surface area contributed by atoms with E-state index in [-0.39, 0.29) is 99.7 Å². The van der Waals surface area contributed by atoms with Gasteiger partial charge in [0.25, 0.3) is 22.7 Å². The minimum Gasteiger partial charge on any atom is -0.494 e. The molecule has 5 aromatic rings. The molecule has 83 heavy (non-hydrogen) atoms. The number of carbonyl (C=O) groups excluding carboxylic acids is 3. The van der Waals surface area contributed by atoms with Gasteiger partial charge in [-0.05, 0) is 60.9 Å². The van der Waals surface area contributed by atoms with Gasteiger partial charge in [-0.2, -0.15) is 5.26 Å². The van der Waals surface area contributed by atoms with Crippen molar-refractivity contribution in [3.63, 3.8) is 0 Å². The van der Waals surface area contributed by atoms with Gasteiger partial charge in [0.1, 0.15) is 34.7 Å². The highest BCUT2D eigenvalue weighted by Gasteiger charge is 2.47. The second kappa shape index (κ2) is 30.7. The average molecular weight is 1160 g/mol. The third-order valence-corrected chi connectivity index (χ3v) is 13.2. The number of aromatic carboxylic acids is 2. The number of carboxylic acids is 2. The molecular weight excluding hydrogens is 1100 g/mol.